The molecule has 0 bridgehead atoms. The molecule has 0 radical (unpaired) electrons. The summed E-state index contributed by atoms with van der Waals surface area (Å²) >= 11 is 0. The molecule has 4 aromatic rings. The Kier molecular flexibility index (Phi) is 5.71. The van der Waals surface area contributed by atoms with Crippen LogP contribution < -0.4 is 5.32 Å². The number of aromatic nitrogens is 4. The van der Waals surface area contributed by atoms with Gasteiger partial charge in [-0.05, 0) is 65.0 Å². The van der Waals surface area contributed by atoms with Gasteiger partial charge in [0.15, 0.2) is 11.5 Å². The molecule has 2 atom stereocenters. The van der Waals surface area contributed by atoms with Crippen molar-refractivity contribution < 1.29 is 18.7 Å². The molecule has 3 aromatic heterocycles. The minimum Gasteiger partial charge on any atom is -0.444 e. The number of piperidine rings is 1. The third-order valence-corrected chi connectivity index (χ3v) is 7.87. The van der Waals surface area contributed by atoms with Crippen molar-refractivity contribution in [3.8, 4) is 0 Å². The monoisotopic (exact) mass is 532 g/mol. The number of anilines is 1. The highest BCUT2D eigenvalue weighted by atomic mass is 19.1. The maximum atomic E-state index is 14.6. The number of halogens is 1. The first-order chi connectivity index (χ1) is 18.5. The molecule has 2 unspecified atom stereocenters. The number of rotatable bonds is 4. The van der Waals surface area contributed by atoms with Crippen molar-refractivity contribution in [3.05, 3.63) is 59.4 Å². The Balaban J connectivity index is 1.29. The van der Waals surface area contributed by atoms with Crippen LogP contribution in [0.4, 0.5) is 14.9 Å². The van der Waals surface area contributed by atoms with E-state index in [0.717, 1.165) is 18.2 Å². The van der Waals surface area contributed by atoms with E-state index in [0.29, 0.717) is 48.0 Å². The molecule has 39 heavy (non-hydrogen) atoms. The molecule has 10 heteroatoms. The summed E-state index contributed by atoms with van der Waals surface area (Å²) in [4.78, 5) is 32.1. The van der Waals surface area contributed by atoms with Gasteiger partial charge in [-0.15, -0.1) is 0 Å². The third-order valence-electron chi connectivity index (χ3n) is 7.87. The topological polar surface area (TPSA) is 93.8 Å². The molecule has 1 saturated carbocycles. The Morgan fingerprint density at radius 1 is 1.23 bits per heavy atom. The van der Waals surface area contributed by atoms with Gasteiger partial charge in [-0.3, -0.25) is 9.48 Å². The number of nitrogens with one attached hydrogen (secondary N) is 1. The van der Waals surface area contributed by atoms with Crippen molar-refractivity contribution in [1.29, 1.82) is 0 Å². The second-order valence-corrected chi connectivity index (χ2v) is 11.8. The molecule has 1 saturated heterocycles. The zero-order valence-corrected chi connectivity index (χ0v) is 22.9. The molecular weight excluding hydrogens is 499 g/mol. The van der Waals surface area contributed by atoms with Crippen LogP contribution in [0.15, 0.2) is 36.8 Å². The maximum Gasteiger partial charge on any atom is 0.410 e. The van der Waals surface area contributed by atoms with Crippen LogP contribution in [-0.2, 0) is 16.7 Å². The number of pyridine rings is 1. The molecule has 1 aliphatic heterocycles. The summed E-state index contributed by atoms with van der Waals surface area (Å²) in [5.41, 5.74) is 2.91. The van der Waals surface area contributed by atoms with E-state index < -0.39 is 11.4 Å². The summed E-state index contributed by atoms with van der Waals surface area (Å²) in [5.74, 6) is -0.527. The van der Waals surface area contributed by atoms with Crippen LogP contribution >= 0.6 is 0 Å². The van der Waals surface area contributed by atoms with E-state index >= 15 is 0 Å². The first kappa shape index (κ1) is 25.3. The van der Waals surface area contributed by atoms with E-state index in [2.05, 4.69) is 10.3 Å². The SMILES string of the molecule is CCn1cc2c(C34CCN(C(=O)OC(C)(C)C)CC3C4)ccc(C(=O)Nc3cc(F)c4nc(C)cn4c3)c2n1. The highest BCUT2D eigenvalue weighted by Crippen LogP contribution is 2.60. The van der Waals surface area contributed by atoms with Gasteiger partial charge in [-0.1, -0.05) is 6.07 Å². The van der Waals surface area contributed by atoms with E-state index in [1.54, 1.807) is 23.7 Å². The summed E-state index contributed by atoms with van der Waals surface area (Å²) in [5, 5.41) is 8.52. The lowest BCUT2D eigenvalue weighted by atomic mass is 9.84. The first-order valence-electron chi connectivity index (χ1n) is 13.4. The fourth-order valence-electron chi connectivity index (χ4n) is 5.95. The van der Waals surface area contributed by atoms with Crippen LogP contribution in [0.1, 0.15) is 62.2 Å². The lowest BCUT2D eigenvalue weighted by Gasteiger charge is -2.33. The number of ether oxygens (including phenoxy) is 1. The van der Waals surface area contributed by atoms with Gasteiger partial charge < -0.3 is 19.4 Å². The van der Waals surface area contributed by atoms with E-state index in [1.165, 1.54) is 11.6 Å². The molecule has 9 nitrogen and oxygen atoms in total. The average Bonchev–Trinajstić information content (AvgIpc) is 3.22. The third kappa shape index (κ3) is 4.41. The molecule has 2 amide bonds. The number of imidazole rings is 1. The fraction of sp³-hybridized carbons (Fsp3) is 0.448. The number of likely N-dealkylation sites (tertiary alicyclic amines) is 1. The van der Waals surface area contributed by atoms with Gasteiger partial charge in [-0.2, -0.15) is 5.10 Å². The first-order valence-corrected chi connectivity index (χ1v) is 13.4. The van der Waals surface area contributed by atoms with Crippen molar-refractivity contribution >= 4 is 34.2 Å². The quantitative estimate of drug-likeness (QED) is 0.385. The predicted octanol–water partition coefficient (Wildman–Crippen LogP) is 5.30. The molecule has 0 spiro atoms. The zero-order valence-electron chi connectivity index (χ0n) is 22.9. The Hall–Kier alpha value is -3.95. The Bertz CT molecular complexity index is 1630. The highest BCUT2D eigenvalue weighted by molar-refractivity contribution is 6.12. The number of nitrogens with zero attached hydrogens (tertiary/aromatic N) is 5. The fourth-order valence-corrected chi connectivity index (χ4v) is 5.95. The largest absolute Gasteiger partial charge is 0.444 e. The predicted molar refractivity (Wildman–Crippen MR) is 145 cm³/mol. The lowest BCUT2D eigenvalue weighted by molar-refractivity contribution is 0.0199. The van der Waals surface area contributed by atoms with E-state index in [9.17, 15) is 14.0 Å². The molecule has 4 heterocycles. The van der Waals surface area contributed by atoms with Crippen LogP contribution in [-0.4, -0.2) is 54.8 Å². The minimum absolute atomic E-state index is 0.0409. The maximum absolute atomic E-state index is 14.6. The Morgan fingerprint density at radius 3 is 2.74 bits per heavy atom. The van der Waals surface area contributed by atoms with Crippen molar-refractivity contribution in [2.75, 3.05) is 18.4 Å². The van der Waals surface area contributed by atoms with E-state index in [1.807, 2.05) is 55.6 Å². The van der Waals surface area contributed by atoms with Crippen LogP contribution in [0.5, 0.6) is 0 Å². The molecule has 2 fully saturated rings. The summed E-state index contributed by atoms with van der Waals surface area (Å²) in [6, 6.07) is 5.13. The summed E-state index contributed by atoms with van der Waals surface area (Å²) in [6.45, 7) is 11.4. The highest BCUT2D eigenvalue weighted by Gasteiger charge is 2.59. The molecule has 1 N–H and O–H groups in total. The molecular formula is C29H33FN6O3. The number of amides is 2. The minimum atomic E-state index is -0.526. The van der Waals surface area contributed by atoms with E-state index in [-0.39, 0.29) is 23.1 Å². The Morgan fingerprint density at radius 2 is 2.03 bits per heavy atom. The molecule has 1 aliphatic carbocycles. The van der Waals surface area contributed by atoms with Gasteiger partial charge in [0.2, 0.25) is 0 Å². The van der Waals surface area contributed by atoms with Crippen LogP contribution in [0.3, 0.4) is 0 Å². The average molecular weight is 533 g/mol. The number of benzene rings is 1. The molecule has 1 aromatic carbocycles. The Labute approximate surface area is 225 Å². The van der Waals surface area contributed by atoms with E-state index in [4.69, 9.17) is 9.84 Å². The smallest absolute Gasteiger partial charge is 0.410 e. The van der Waals surface area contributed by atoms with Crippen molar-refractivity contribution in [3.63, 3.8) is 0 Å². The van der Waals surface area contributed by atoms with Crippen molar-refractivity contribution in [1.82, 2.24) is 24.1 Å². The number of carbonyl (C=O) groups is 2. The molecule has 204 valence electrons. The number of carbonyl (C=O) groups excluding carboxylic acids is 2. The van der Waals surface area contributed by atoms with Crippen LogP contribution in [0, 0.1) is 18.7 Å². The van der Waals surface area contributed by atoms with Gasteiger partial charge in [0, 0.05) is 55.1 Å². The molecule has 6 rings (SSSR count). The number of hydrogen-bond acceptors (Lipinski definition) is 5. The summed E-state index contributed by atoms with van der Waals surface area (Å²) in [7, 11) is 0. The second kappa shape index (κ2) is 8.79. The van der Waals surface area contributed by atoms with Crippen LogP contribution in [0.25, 0.3) is 16.6 Å². The van der Waals surface area contributed by atoms with Gasteiger partial charge in [0.1, 0.15) is 11.1 Å². The lowest BCUT2D eigenvalue weighted by Crippen LogP contribution is -2.43. The van der Waals surface area contributed by atoms with Crippen LogP contribution in [0.2, 0.25) is 0 Å². The second-order valence-electron chi connectivity index (χ2n) is 11.8. The normalized spacial score (nSPS) is 20.8. The van der Waals surface area contributed by atoms with Gasteiger partial charge in [-0.25, -0.2) is 14.2 Å². The molecule has 2 aliphatic rings. The van der Waals surface area contributed by atoms with Crippen molar-refractivity contribution in [2.24, 2.45) is 5.92 Å². The van der Waals surface area contributed by atoms with Gasteiger partial charge in [0.25, 0.3) is 5.91 Å². The summed E-state index contributed by atoms with van der Waals surface area (Å²) in [6.07, 6.45) is 6.92. The zero-order chi connectivity index (χ0) is 27.7. The standard InChI is InChI=1S/C29H33FN6O3/c1-6-36-16-21-22(29-9-10-34(14-18(29)12-29)27(38)39-28(3,4)5)8-7-20(24(21)33-36)26(37)32-19-11-23(30)25-31-17(2)13-35(25)15-19/h7-8,11,13,15-16,18H,6,9-10,12,14H2,1-5H3,(H,32,37). The number of fused-ring (bicyclic) bond motifs is 3. The number of aryl methyl sites for hydroxylation is 2. The summed E-state index contributed by atoms with van der Waals surface area (Å²) < 4.78 is 23.6. The number of hydrogen-bond donors (Lipinski definition) is 1. The van der Waals surface area contributed by atoms with Crippen molar-refractivity contribution in [2.45, 2.75) is 65.0 Å². The van der Waals surface area contributed by atoms with Gasteiger partial charge in [0.05, 0.1) is 16.9 Å². The van der Waals surface area contributed by atoms with Gasteiger partial charge >= 0.3 is 6.09 Å².